The Balaban J connectivity index is 1.14. The van der Waals surface area contributed by atoms with Crippen molar-refractivity contribution >= 4 is 23.3 Å². The lowest BCUT2D eigenvalue weighted by atomic mass is 9.59. The molecule has 2 unspecified atom stereocenters. The number of hydrogen-bond acceptors (Lipinski definition) is 7. The number of carboxylic acid groups (broad SMARTS) is 1. The Bertz CT molecular complexity index is 1690. The van der Waals surface area contributed by atoms with Crippen LogP contribution in [0.2, 0.25) is 5.02 Å². The smallest absolute Gasteiger partial charge is 0.329 e. The molecule has 1 aromatic heterocycles. The van der Waals surface area contributed by atoms with Gasteiger partial charge in [-0.1, -0.05) is 31.5 Å². The van der Waals surface area contributed by atoms with Gasteiger partial charge in [-0.25, -0.2) is 4.79 Å². The predicted molar refractivity (Wildman–Crippen MR) is 197 cm³/mol. The van der Waals surface area contributed by atoms with Crippen molar-refractivity contribution in [2.75, 3.05) is 45.3 Å². The average molecular weight is 702 g/mol. The van der Waals surface area contributed by atoms with Gasteiger partial charge in [0.25, 0.3) is 0 Å². The molecule has 2 heterocycles. The molecule has 4 aliphatic rings. The van der Waals surface area contributed by atoms with Gasteiger partial charge >= 0.3 is 5.97 Å². The minimum atomic E-state index is -1.07. The van der Waals surface area contributed by atoms with E-state index in [1.54, 1.807) is 0 Å². The summed E-state index contributed by atoms with van der Waals surface area (Å²) in [6, 6.07) is 13.9. The van der Waals surface area contributed by atoms with Crippen LogP contribution in [-0.4, -0.2) is 66.5 Å². The van der Waals surface area contributed by atoms with Crippen LogP contribution in [0, 0.1) is 17.8 Å². The maximum atomic E-state index is 13.0. The number of fused-ring (bicyclic) bond motifs is 4. The summed E-state index contributed by atoms with van der Waals surface area (Å²) in [6.07, 6.45) is 10.8. The number of ether oxygens (including phenoxy) is 3. The van der Waals surface area contributed by atoms with E-state index in [0.29, 0.717) is 55.4 Å². The maximum Gasteiger partial charge on any atom is 0.329 e. The topological polar surface area (TPSA) is 93.2 Å². The molecule has 0 bridgehead atoms. The van der Waals surface area contributed by atoms with Crippen molar-refractivity contribution in [2.45, 2.75) is 89.0 Å². The van der Waals surface area contributed by atoms with Gasteiger partial charge in [-0.05, 0) is 143 Å². The first-order valence-electron chi connectivity index (χ1n) is 18.7. The quantitative estimate of drug-likeness (QED) is 0.208. The first-order chi connectivity index (χ1) is 24.2. The molecule has 2 aromatic carbocycles. The first kappa shape index (κ1) is 34.9. The van der Waals surface area contributed by atoms with Crippen LogP contribution in [0.5, 0.6) is 17.2 Å². The zero-order valence-corrected chi connectivity index (χ0v) is 30.6. The number of nitrogens with one attached hydrogen (secondary N) is 1. The summed E-state index contributed by atoms with van der Waals surface area (Å²) in [4.78, 5) is 19.9. The highest BCUT2D eigenvalue weighted by molar-refractivity contribution is 6.30. The highest BCUT2D eigenvalue weighted by Crippen LogP contribution is 2.58. The van der Waals surface area contributed by atoms with Crippen molar-refractivity contribution in [1.82, 2.24) is 9.88 Å². The molecule has 3 aliphatic carbocycles. The largest absolute Gasteiger partial charge is 0.493 e. The first-order valence-corrected chi connectivity index (χ1v) is 19.0. The van der Waals surface area contributed by atoms with E-state index in [9.17, 15) is 9.90 Å². The zero-order valence-electron chi connectivity index (χ0n) is 29.8. The standard InChI is InChI=1S/C41H52ClN3O5/c1-4-45(3)23-28-25-49-37-20-29-19-30(18-27(2)24-48-36-12-17-43-35-11-6-5-10-33(35)36)40(34(29)22-38(37)50-26-28)13-15-41(16-14-40,39(46)47)44-32-9-7-8-31(42)21-32/h7-9,12,17,20-22,27-28,30,44H,4-6,10-11,13-16,18-19,23-26H2,1-3H3,(H,46,47)/t27-,28?,30?,40?,41?/m1/s1. The summed E-state index contributed by atoms with van der Waals surface area (Å²) in [5, 5.41) is 14.7. The molecule has 3 aromatic rings. The van der Waals surface area contributed by atoms with Crippen LogP contribution in [0.4, 0.5) is 5.69 Å². The molecule has 8 nitrogen and oxygen atoms in total. The Kier molecular flexibility index (Phi) is 10.2. The number of carbonyl (C=O) groups is 1. The minimum absolute atomic E-state index is 0.166. The van der Waals surface area contributed by atoms with Crippen LogP contribution < -0.4 is 19.5 Å². The number of halogens is 1. The van der Waals surface area contributed by atoms with Crippen molar-refractivity contribution in [3.05, 3.63) is 76.1 Å². The molecule has 1 fully saturated rings. The van der Waals surface area contributed by atoms with Gasteiger partial charge in [0.1, 0.15) is 11.3 Å². The van der Waals surface area contributed by atoms with Crippen molar-refractivity contribution in [3.63, 3.8) is 0 Å². The number of nitrogens with zero attached hydrogens (tertiary/aromatic N) is 2. The van der Waals surface area contributed by atoms with E-state index in [4.69, 9.17) is 25.8 Å². The minimum Gasteiger partial charge on any atom is -0.493 e. The molecule has 0 saturated heterocycles. The summed E-state index contributed by atoms with van der Waals surface area (Å²) in [5.41, 5.74) is 4.60. The van der Waals surface area contributed by atoms with E-state index in [-0.39, 0.29) is 5.41 Å². The lowest BCUT2D eigenvalue weighted by Gasteiger charge is -2.47. The second-order valence-corrected chi connectivity index (χ2v) is 15.9. The Morgan fingerprint density at radius 3 is 2.60 bits per heavy atom. The van der Waals surface area contributed by atoms with Crippen LogP contribution in [-0.2, 0) is 29.5 Å². The summed E-state index contributed by atoms with van der Waals surface area (Å²) in [6.45, 7) is 8.27. The zero-order chi connectivity index (χ0) is 34.9. The van der Waals surface area contributed by atoms with E-state index in [1.807, 2.05) is 36.5 Å². The Morgan fingerprint density at radius 1 is 1.10 bits per heavy atom. The van der Waals surface area contributed by atoms with Crippen LogP contribution in [0.3, 0.4) is 0 Å². The maximum absolute atomic E-state index is 13.0. The SMILES string of the molecule is CCN(C)CC1COc2cc3c(cc2OC1)C1(CCC(Nc2cccc(Cl)c2)(C(=O)O)CC1)C(C[C@@H](C)COc1ccnc2c1CCCC2)C3. The third kappa shape index (κ3) is 7.03. The fourth-order valence-electron chi connectivity index (χ4n) is 9.14. The molecule has 1 aliphatic heterocycles. The van der Waals surface area contributed by atoms with E-state index >= 15 is 0 Å². The lowest BCUT2D eigenvalue weighted by Crippen LogP contribution is -2.53. The second-order valence-electron chi connectivity index (χ2n) is 15.5. The van der Waals surface area contributed by atoms with Gasteiger partial charge in [-0.3, -0.25) is 4.98 Å². The van der Waals surface area contributed by atoms with Gasteiger partial charge in [0.2, 0.25) is 0 Å². The van der Waals surface area contributed by atoms with Crippen LogP contribution >= 0.6 is 11.6 Å². The molecule has 0 radical (unpaired) electrons. The van der Waals surface area contributed by atoms with Crippen molar-refractivity contribution < 1.29 is 24.1 Å². The van der Waals surface area contributed by atoms with Crippen LogP contribution in [0.15, 0.2) is 48.7 Å². The third-order valence-corrected chi connectivity index (χ3v) is 12.3. The van der Waals surface area contributed by atoms with E-state index in [0.717, 1.165) is 74.6 Å². The average Bonchev–Trinajstić information content (AvgIpc) is 3.24. The molecule has 7 rings (SSSR count). The van der Waals surface area contributed by atoms with Gasteiger partial charge in [0.05, 0.1) is 19.8 Å². The predicted octanol–water partition coefficient (Wildman–Crippen LogP) is 7.98. The molecular weight excluding hydrogens is 650 g/mol. The molecule has 0 amide bonds. The van der Waals surface area contributed by atoms with Gasteiger partial charge in [-0.15, -0.1) is 0 Å². The number of rotatable bonds is 11. The van der Waals surface area contributed by atoms with E-state index in [1.165, 1.54) is 35.2 Å². The molecule has 3 atom stereocenters. The second kappa shape index (κ2) is 14.6. The van der Waals surface area contributed by atoms with E-state index < -0.39 is 11.5 Å². The molecule has 9 heteroatoms. The fourth-order valence-corrected chi connectivity index (χ4v) is 9.33. The summed E-state index contributed by atoms with van der Waals surface area (Å²) >= 11 is 6.29. The molecule has 1 saturated carbocycles. The Morgan fingerprint density at radius 2 is 1.86 bits per heavy atom. The molecular formula is C41H52ClN3O5. The van der Waals surface area contributed by atoms with Crippen LogP contribution in [0.1, 0.15) is 81.2 Å². The van der Waals surface area contributed by atoms with Gasteiger partial charge < -0.3 is 29.5 Å². The molecule has 2 N–H and O–H groups in total. The molecule has 1 spiro atoms. The van der Waals surface area contributed by atoms with Gasteiger partial charge in [0.15, 0.2) is 11.5 Å². The molecule has 268 valence electrons. The monoisotopic (exact) mass is 701 g/mol. The van der Waals surface area contributed by atoms with E-state index in [2.05, 4.69) is 48.2 Å². The number of aromatic nitrogens is 1. The molecule has 50 heavy (non-hydrogen) atoms. The third-order valence-electron chi connectivity index (χ3n) is 12.0. The number of pyridine rings is 1. The number of anilines is 1. The normalized spacial score (nSPS) is 26.2. The van der Waals surface area contributed by atoms with Crippen molar-refractivity contribution in [1.29, 1.82) is 0 Å². The highest BCUT2D eigenvalue weighted by atomic mass is 35.5. The lowest BCUT2D eigenvalue weighted by molar-refractivity contribution is -0.144. The summed E-state index contributed by atoms with van der Waals surface area (Å²) in [7, 11) is 2.13. The summed E-state index contributed by atoms with van der Waals surface area (Å²) in [5.74, 6) is 2.78. The Labute approximate surface area is 301 Å². The van der Waals surface area contributed by atoms with Crippen LogP contribution in [0.25, 0.3) is 0 Å². The van der Waals surface area contributed by atoms with Gasteiger partial charge in [-0.2, -0.15) is 0 Å². The van der Waals surface area contributed by atoms with Crippen molar-refractivity contribution in [3.8, 4) is 17.2 Å². The number of hydrogen-bond donors (Lipinski definition) is 2. The van der Waals surface area contributed by atoms with Gasteiger partial charge in [0, 0.05) is 40.6 Å². The fraction of sp³-hybridized carbons (Fsp3) is 0.561. The number of aryl methyl sites for hydroxylation is 1. The summed E-state index contributed by atoms with van der Waals surface area (Å²) < 4.78 is 19.4. The Hall–Kier alpha value is -3.49. The number of carboxylic acids is 1. The van der Waals surface area contributed by atoms with Crippen molar-refractivity contribution in [2.24, 2.45) is 17.8 Å². The number of aliphatic carboxylic acids is 1. The highest BCUT2D eigenvalue weighted by Gasteiger charge is 2.54. The number of benzene rings is 2.